The van der Waals surface area contributed by atoms with Gasteiger partial charge in [-0.1, -0.05) is 42.8 Å². The van der Waals surface area contributed by atoms with Crippen LogP contribution in [0, 0.1) is 32.1 Å². The molecule has 2 amide bonds. The van der Waals surface area contributed by atoms with Crippen molar-refractivity contribution in [2.24, 2.45) is 11.3 Å². The van der Waals surface area contributed by atoms with Gasteiger partial charge in [-0.25, -0.2) is 0 Å². The Morgan fingerprint density at radius 3 is 2.59 bits per heavy atom. The Morgan fingerprint density at radius 1 is 1.21 bits per heavy atom. The summed E-state index contributed by atoms with van der Waals surface area (Å²) in [6.45, 7) is 13.0. The minimum absolute atomic E-state index is 0.00776. The molecule has 0 aliphatic carbocycles. The Labute approximate surface area is 202 Å². The molecular weight excluding hydrogens is 430 g/mol. The molecule has 2 fully saturated rings. The number of carbonyl (C=O) groups excluding carboxylic acids is 2. The summed E-state index contributed by atoms with van der Waals surface area (Å²) in [6, 6.07) is 6.21. The van der Waals surface area contributed by atoms with E-state index in [0.29, 0.717) is 18.3 Å². The minimum Gasteiger partial charge on any atom is -0.351 e. The van der Waals surface area contributed by atoms with E-state index in [1.807, 2.05) is 25.7 Å². The van der Waals surface area contributed by atoms with Gasteiger partial charge in [-0.3, -0.25) is 14.5 Å². The molecule has 2 aliphatic rings. The number of aryl methyl sites for hydroxylation is 3. The summed E-state index contributed by atoms with van der Waals surface area (Å²) in [4.78, 5) is 34.1. The second kappa shape index (κ2) is 9.86. The summed E-state index contributed by atoms with van der Waals surface area (Å²) in [7, 11) is 0. The van der Waals surface area contributed by atoms with Gasteiger partial charge in [0, 0.05) is 32.1 Å². The maximum Gasteiger partial charge on any atom is 0.244 e. The number of hydrogen-bond acceptors (Lipinski definition) is 6. The normalized spacial score (nSPS) is 20.3. The van der Waals surface area contributed by atoms with Crippen molar-refractivity contribution < 1.29 is 14.1 Å². The Morgan fingerprint density at radius 2 is 1.94 bits per heavy atom. The number of nitrogens with one attached hydrogen (secondary N) is 1. The van der Waals surface area contributed by atoms with E-state index in [9.17, 15) is 9.59 Å². The number of benzene rings is 1. The van der Waals surface area contributed by atoms with E-state index in [1.165, 1.54) is 11.1 Å². The van der Waals surface area contributed by atoms with Gasteiger partial charge in [-0.05, 0) is 56.6 Å². The number of aromatic nitrogens is 2. The third-order valence-electron chi connectivity index (χ3n) is 7.39. The summed E-state index contributed by atoms with van der Waals surface area (Å²) < 4.78 is 5.54. The molecule has 2 aromatic rings. The lowest BCUT2D eigenvalue weighted by Gasteiger charge is -2.40. The number of carbonyl (C=O) groups is 2. The first-order chi connectivity index (χ1) is 16.2. The van der Waals surface area contributed by atoms with Crippen LogP contribution in [0.4, 0.5) is 0 Å². The van der Waals surface area contributed by atoms with Gasteiger partial charge in [-0.15, -0.1) is 0 Å². The number of piperidine rings is 1. The fraction of sp³-hybridized carbons (Fsp3) is 0.615. The van der Waals surface area contributed by atoms with E-state index in [1.54, 1.807) is 0 Å². The summed E-state index contributed by atoms with van der Waals surface area (Å²) in [5.74, 6) is 1.42. The van der Waals surface area contributed by atoms with E-state index in [-0.39, 0.29) is 35.7 Å². The molecule has 0 radical (unpaired) electrons. The van der Waals surface area contributed by atoms with Crippen molar-refractivity contribution in [3.63, 3.8) is 0 Å². The highest BCUT2D eigenvalue weighted by Crippen LogP contribution is 2.48. The molecule has 1 aromatic carbocycles. The Hall–Kier alpha value is -2.74. The predicted molar refractivity (Wildman–Crippen MR) is 129 cm³/mol. The van der Waals surface area contributed by atoms with E-state index in [2.05, 4.69) is 52.4 Å². The molecule has 8 nitrogen and oxygen atoms in total. The first-order valence-corrected chi connectivity index (χ1v) is 12.3. The molecule has 1 atom stereocenters. The zero-order valence-corrected chi connectivity index (χ0v) is 21.1. The van der Waals surface area contributed by atoms with E-state index < -0.39 is 0 Å². The highest BCUT2D eigenvalue weighted by atomic mass is 16.5. The highest BCUT2D eigenvalue weighted by Gasteiger charge is 2.48. The van der Waals surface area contributed by atoms with Crippen molar-refractivity contribution in [2.75, 3.05) is 26.2 Å². The third kappa shape index (κ3) is 5.32. The fourth-order valence-corrected chi connectivity index (χ4v) is 5.36. The zero-order chi connectivity index (χ0) is 24.5. The molecule has 184 valence electrons. The number of amides is 2. The summed E-state index contributed by atoms with van der Waals surface area (Å²) in [6.07, 6.45) is 2.72. The van der Waals surface area contributed by atoms with E-state index in [0.717, 1.165) is 44.5 Å². The minimum atomic E-state index is -0.0833. The van der Waals surface area contributed by atoms with Crippen molar-refractivity contribution in [2.45, 2.75) is 66.5 Å². The molecule has 2 saturated heterocycles. The van der Waals surface area contributed by atoms with Gasteiger partial charge in [0.05, 0.1) is 12.6 Å². The zero-order valence-electron chi connectivity index (χ0n) is 21.1. The summed E-state index contributed by atoms with van der Waals surface area (Å²) in [5.41, 5.74) is 3.55. The van der Waals surface area contributed by atoms with Crippen LogP contribution in [0.1, 0.15) is 67.6 Å². The van der Waals surface area contributed by atoms with Crippen LogP contribution in [0.2, 0.25) is 0 Å². The average molecular weight is 468 g/mol. The Balaban J connectivity index is 1.43. The molecule has 1 N–H and O–H groups in total. The van der Waals surface area contributed by atoms with Gasteiger partial charge in [0.15, 0.2) is 5.82 Å². The molecule has 2 aliphatic heterocycles. The molecule has 0 saturated carbocycles. The van der Waals surface area contributed by atoms with Gasteiger partial charge in [0.25, 0.3) is 0 Å². The van der Waals surface area contributed by atoms with Gasteiger partial charge in [0.2, 0.25) is 17.7 Å². The largest absolute Gasteiger partial charge is 0.351 e. The summed E-state index contributed by atoms with van der Waals surface area (Å²) >= 11 is 0. The molecule has 1 unspecified atom stereocenters. The second-order valence-electron chi connectivity index (χ2n) is 10.5. The molecule has 8 heteroatoms. The first-order valence-electron chi connectivity index (χ1n) is 12.3. The molecule has 3 heterocycles. The fourth-order valence-electron chi connectivity index (χ4n) is 5.36. The molecule has 34 heavy (non-hydrogen) atoms. The van der Waals surface area contributed by atoms with Crippen LogP contribution >= 0.6 is 0 Å². The van der Waals surface area contributed by atoms with Crippen molar-refractivity contribution >= 4 is 11.8 Å². The molecule has 0 bridgehead atoms. The van der Waals surface area contributed by atoms with Crippen LogP contribution < -0.4 is 5.32 Å². The molecule has 4 rings (SSSR count). The Bertz CT molecular complexity index is 1040. The van der Waals surface area contributed by atoms with Gasteiger partial charge in [0.1, 0.15) is 0 Å². The lowest BCUT2D eigenvalue weighted by molar-refractivity contribution is -0.136. The summed E-state index contributed by atoms with van der Waals surface area (Å²) in [5, 5.41) is 7.09. The monoisotopic (exact) mass is 467 g/mol. The maximum absolute atomic E-state index is 13.0. The van der Waals surface area contributed by atoms with Crippen LogP contribution in [0.3, 0.4) is 0 Å². The standard InChI is InChI=1S/C26H37N5O3/c1-17(2)25(33)30-10-8-26(9-11-30)13-22(24-28-20(5)29-34-24)31(16-26)15-23(32)27-14-21-12-18(3)6-7-19(21)4/h6-7,12,17,22H,8-11,13-16H2,1-5H3,(H,27,32). The lowest BCUT2D eigenvalue weighted by atomic mass is 9.76. The maximum atomic E-state index is 13.0. The van der Waals surface area contributed by atoms with E-state index in [4.69, 9.17) is 4.52 Å². The number of hydrogen-bond donors (Lipinski definition) is 1. The lowest BCUT2D eigenvalue weighted by Crippen LogP contribution is -2.46. The van der Waals surface area contributed by atoms with Crippen LogP contribution in [0.15, 0.2) is 22.7 Å². The number of likely N-dealkylation sites (tertiary alicyclic amines) is 2. The average Bonchev–Trinajstić information content (AvgIpc) is 3.38. The third-order valence-corrected chi connectivity index (χ3v) is 7.39. The van der Waals surface area contributed by atoms with Crippen molar-refractivity contribution in [1.82, 2.24) is 25.3 Å². The number of rotatable bonds is 6. The van der Waals surface area contributed by atoms with Crippen LogP contribution in [-0.2, 0) is 16.1 Å². The first kappa shape index (κ1) is 24.4. The van der Waals surface area contributed by atoms with Crippen molar-refractivity contribution in [3.8, 4) is 0 Å². The van der Waals surface area contributed by atoms with Crippen LogP contribution in [0.25, 0.3) is 0 Å². The Kier molecular flexibility index (Phi) is 7.07. The number of nitrogens with zero attached hydrogens (tertiary/aromatic N) is 4. The van der Waals surface area contributed by atoms with Crippen molar-refractivity contribution in [1.29, 1.82) is 0 Å². The van der Waals surface area contributed by atoms with Crippen molar-refractivity contribution in [3.05, 3.63) is 46.6 Å². The van der Waals surface area contributed by atoms with Gasteiger partial charge >= 0.3 is 0 Å². The van der Waals surface area contributed by atoms with Crippen LogP contribution in [-0.4, -0.2) is 57.9 Å². The van der Waals surface area contributed by atoms with E-state index >= 15 is 0 Å². The smallest absolute Gasteiger partial charge is 0.244 e. The SMILES string of the molecule is Cc1ccc(C)c(CNC(=O)CN2CC3(CCN(C(=O)C(C)C)CC3)CC2c2nc(C)no2)c1. The second-order valence-corrected chi connectivity index (χ2v) is 10.5. The van der Waals surface area contributed by atoms with Gasteiger partial charge < -0.3 is 14.7 Å². The topological polar surface area (TPSA) is 91.6 Å². The van der Waals surface area contributed by atoms with Crippen LogP contribution in [0.5, 0.6) is 0 Å². The highest BCUT2D eigenvalue weighted by molar-refractivity contribution is 5.78. The predicted octanol–water partition coefficient (Wildman–Crippen LogP) is 3.32. The quantitative estimate of drug-likeness (QED) is 0.701. The molecule has 1 aromatic heterocycles. The molecule has 1 spiro atoms. The van der Waals surface area contributed by atoms with Gasteiger partial charge in [-0.2, -0.15) is 4.98 Å². The molecular formula is C26H37N5O3.